The molecule has 1 saturated heterocycles. The Morgan fingerprint density at radius 2 is 1.85 bits per heavy atom. The van der Waals surface area contributed by atoms with Gasteiger partial charge in [-0.15, -0.1) is 0 Å². The minimum atomic E-state index is -4.48. The van der Waals surface area contributed by atoms with Crippen LogP contribution < -0.4 is 5.73 Å². The summed E-state index contributed by atoms with van der Waals surface area (Å²) in [6, 6.07) is -0.865. The predicted molar refractivity (Wildman–Crippen MR) is 64.5 cm³/mol. The topological polar surface area (TPSA) is 72.6 Å². The molecule has 8 heteroatoms. The van der Waals surface area contributed by atoms with Crippen LogP contribution in [-0.2, 0) is 14.3 Å². The Bertz CT molecular complexity index is 385. The van der Waals surface area contributed by atoms with E-state index >= 15 is 0 Å². The summed E-state index contributed by atoms with van der Waals surface area (Å²) in [5, 5.41) is 0. The van der Waals surface area contributed by atoms with Gasteiger partial charge in [0.25, 0.3) is 5.91 Å². The van der Waals surface area contributed by atoms with Crippen LogP contribution in [0, 0.1) is 5.92 Å². The number of likely N-dealkylation sites (N-methyl/N-ethyl adjacent to an activating group) is 1. The fourth-order valence-corrected chi connectivity index (χ4v) is 2.39. The zero-order chi connectivity index (χ0) is 15.7. The molecule has 1 fully saturated rings. The molecule has 0 aromatic carbocycles. The molecule has 0 bridgehead atoms. The Morgan fingerprint density at radius 3 is 2.20 bits per heavy atom. The van der Waals surface area contributed by atoms with Gasteiger partial charge in [-0.2, -0.15) is 13.2 Å². The normalized spacial score (nSPS) is 24.8. The van der Waals surface area contributed by atoms with Gasteiger partial charge in [0, 0.05) is 7.05 Å². The summed E-state index contributed by atoms with van der Waals surface area (Å²) in [6.45, 7) is 3.40. The van der Waals surface area contributed by atoms with E-state index in [1.807, 2.05) is 0 Å². The van der Waals surface area contributed by atoms with Crippen molar-refractivity contribution < 1.29 is 27.5 Å². The number of nitrogens with two attached hydrogens (primary N) is 1. The molecule has 2 N–H and O–H groups in total. The van der Waals surface area contributed by atoms with Crippen LogP contribution in [0.4, 0.5) is 13.2 Å². The molecule has 1 heterocycles. The van der Waals surface area contributed by atoms with Crippen LogP contribution in [0.15, 0.2) is 0 Å². The van der Waals surface area contributed by atoms with Crippen LogP contribution in [0.2, 0.25) is 0 Å². The highest BCUT2D eigenvalue weighted by molar-refractivity contribution is 5.88. The van der Waals surface area contributed by atoms with Crippen molar-refractivity contribution >= 4 is 11.8 Å². The van der Waals surface area contributed by atoms with Gasteiger partial charge in [0.2, 0.25) is 5.91 Å². The summed E-state index contributed by atoms with van der Waals surface area (Å²) in [5.41, 5.74) is 5.22. The van der Waals surface area contributed by atoms with Gasteiger partial charge in [0.05, 0.1) is 0 Å². The number of carbonyl (C=O) groups is 2. The average molecular weight is 296 g/mol. The van der Waals surface area contributed by atoms with Crippen molar-refractivity contribution in [3.63, 3.8) is 0 Å². The van der Waals surface area contributed by atoms with E-state index in [1.54, 1.807) is 13.8 Å². The first kappa shape index (κ1) is 16.7. The molecule has 3 atom stereocenters. The summed E-state index contributed by atoms with van der Waals surface area (Å²) in [5.74, 6) is -1.57. The van der Waals surface area contributed by atoms with Crippen LogP contribution in [0.3, 0.4) is 0 Å². The molecule has 0 aliphatic carbocycles. The number of carbonyl (C=O) groups excluding carboxylic acids is 2. The number of hydrogen-bond acceptors (Lipinski definition) is 3. The largest absolute Gasteiger partial charge is 0.414 e. The molecule has 1 aliphatic rings. The molecule has 1 rings (SSSR count). The second kappa shape index (κ2) is 5.99. The van der Waals surface area contributed by atoms with E-state index in [0.717, 1.165) is 4.90 Å². The molecule has 2 amide bonds. The van der Waals surface area contributed by atoms with E-state index in [1.165, 1.54) is 7.05 Å². The monoisotopic (exact) mass is 296 g/mol. The van der Waals surface area contributed by atoms with Crippen molar-refractivity contribution in [2.45, 2.75) is 51.1 Å². The highest BCUT2D eigenvalue weighted by Crippen LogP contribution is 2.33. The van der Waals surface area contributed by atoms with Crippen LogP contribution in [-0.4, -0.2) is 48.2 Å². The zero-order valence-corrected chi connectivity index (χ0v) is 11.6. The van der Waals surface area contributed by atoms with Crippen LogP contribution >= 0.6 is 0 Å². The molecule has 0 aromatic heterocycles. The summed E-state index contributed by atoms with van der Waals surface area (Å²) in [4.78, 5) is 24.5. The third-order valence-electron chi connectivity index (χ3n) is 3.35. The van der Waals surface area contributed by atoms with E-state index in [0.29, 0.717) is 0 Å². The van der Waals surface area contributed by atoms with Gasteiger partial charge < -0.3 is 15.4 Å². The van der Waals surface area contributed by atoms with Gasteiger partial charge in [-0.3, -0.25) is 9.59 Å². The number of hydrogen-bond donors (Lipinski definition) is 1. The predicted octanol–water partition coefficient (Wildman–Crippen LogP) is 1.06. The maximum Gasteiger partial charge on any atom is 0.414 e. The number of alkyl halides is 3. The number of halogens is 3. The van der Waals surface area contributed by atoms with E-state index in [-0.39, 0.29) is 18.8 Å². The Kier molecular flexibility index (Phi) is 5.01. The first-order valence-corrected chi connectivity index (χ1v) is 6.33. The van der Waals surface area contributed by atoms with Crippen molar-refractivity contribution in [2.75, 3.05) is 7.05 Å². The Labute approximate surface area is 115 Å². The smallest absolute Gasteiger partial charge is 0.368 e. The fraction of sp³-hybridized carbons (Fsp3) is 0.833. The molecule has 5 nitrogen and oxygen atoms in total. The fourth-order valence-electron chi connectivity index (χ4n) is 2.39. The Morgan fingerprint density at radius 1 is 1.30 bits per heavy atom. The Hall–Kier alpha value is -1.31. The van der Waals surface area contributed by atoms with Gasteiger partial charge in [-0.1, -0.05) is 13.8 Å². The van der Waals surface area contributed by atoms with Gasteiger partial charge in [-0.25, -0.2) is 0 Å². The van der Waals surface area contributed by atoms with Crippen LogP contribution in [0.1, 0.15) is 26.7 Å². The van der Waals surface area contributed by atoms with E-state index in [4.69, 9.17) is 10.5 Å². The lowest BCUT2D eigenvalue weighted by molar-refractivity contribution is -0.216. The van der Waals surface area contributed by atoms with Gasteiger partial charge in [0.1, 0.15) is 12.1 Å². The van der Waals surface area contributed by atoms with E-state index in [9.17, 15) is 22.8 Å². The van der Waals surface area contributed by atoms with Crippen molar-refractivity contribution in [3.8, 4) is 0 Å². The van der Waals surface area contributed by atoms with Gasteiger partial charge in [-0.05, 0) is 18.8 Å². The molecular weight excluding hydrogens is 277 g/mol. The molecular formula is C12H19F3N2O3. The first-order valence-electron chi connectivity index (χ1n) is 6.33. The van der Waals surface area contributed by atoms with Crippen LogP contribution in [0.25, 0.3) is 0 Å². The van der Waals surface area contributed by atoms with E-state index in [2.05, 4.69) is 0 Å². The zero-order valence-electron chi connectivity index (χ0n) is 11.6. The van der Waals surface area contributed by atoms with Crippen molar-refractivity contribution in [1.82, 2.24) is 4.90 Å². The molecule has 20 heavy (non-hydrogen) atoms. The SMILES string of the molecule is CC(C)[C@@H](C(N)=O)N(C)C(=O)C1CCC(C(F)(F)F)O1. The van der Waals surface area contributed by atoms with E-state index < -0.39 is 36.2 Å². The molecule has 0 radical (unpaired) electrons. The second-order valence-corrected chi connectivity index (χ2v) is 5.27. The maximum absolute atomic E-state index is 12.5. The third kappa shape index (κ3) is 3.62. The van der Waals surface area contributed by atoms with Gasteiger partial charge in [0.15, 0.2) is 6.10 Å². The van der Waals surface area contributed by atoms with Crippen molar-refractivity contribution in [1.29, 1.82) is 0 Å². The standard InChI is InChI=1S/C12H19F3N2O3/c1-6(2)9(10(16)18)17(3)11(19)7-4-5-8(20-7)12(13,14)15/h6-9H,4-5H2,1-3H3,(H2,16,18)/t7?,8?,9-/m0/s1. The lowest BCUT2D eigenvalue weighted by Crippen LogP contribution is -2.51. The van der Waals surface area contributed by atoms with Crippen molar-refractivity contribution in [3.05, 3.63) is 0 Å². The second-order valence-electron chi connectivity index (χ2n) is 5.27. The summed E-state index contributed by atoms with van der Waals surface area (Å²) >= 11 is 0. The maximum atomic E-state index is 12.5. The summed E-state index contributed by atoms with van der Waals surface area (Å²) < 4.78 is 42.2. The number of rotatable bonds is 4. The number of nitrogens with zero attached hydrogens (tertiary/aromatic N) is 1. The van der Waals surface area contributed by atoms with Gasteiger partial charge >= 0.3 is 6.18 Å². The van der Waals surface area contributed by atoms with Crippen LogP contribution in [0.5, 0.6) is 0 Å². The summed E-state index contributed by atoms with van der Waals surface area (Å²) in [7, 11) is 1.35. The number of primary amides is 1. The summed E-state index contributed by atoms with van der Waals surface area (Å²) in [6.07, 6.45) is -7.84. The highest BCUT2D eigenvalue weighted by atomic mass is 19.4. The quantitative estimate of drug-likeness (QED) is 0.843. The molecule has 0 saturated carbocycles. The first-order chi connectivity index (χ1) is 9.05. The Balaban J connectivity index is 2.74. The number of ether oxygens (including phenoxy) is 1. The molecule has 116 valence electrons. The minimum absolute atomic E-state index is 0.0169. The molecule has 0 spiro atoms. The minimum Gasteiger partial charge on any atom is -0.368 e. The molecule has 1 aliphatic heterocycles. The number of amides is 2. The highest BCUT2D eigenvalue weighted by Gasteiger charge is 2.48. The lowest BCUT2D eigenvalue weighted by atomic mass is 10.0. The van der Waals surface area contributed by atoms with Crippen molar-refractivity contribution in [2.24, 2.45) is 11.7 Å². The lowest BCUT2D eigenvalue weighted by Gasteiger charge is -2.30. The average Bonchev–Trinajstić information content (AvgIpc) is 2.75. The molecule has 2 unspecified atom stereocenters. The third-order valence-corrected chi connectivity index (χ3v) is 3.35. The molecule has 0 aromatic rings.